The number of rotatable bonds is 6. The molecular weight excluding hydrogens is 275 g/mol. The fourth-order valence-electron chi connectivity index (χ4n) is 1.53. The van der Waals surface area contributed by atoms with E-state index in [4.69, 9.17) is 15.0 Å². The van der Waals surface area contributed by atoms with E-state index in [-0.39, 0.29) is 12.4 Å². The summed E-state index contributed by atoms with van der Waals surface area (Å²) in [5.74, 6) is 0.518. The molecule has 0 N–H and O–H groups in total. The van der Waals surface area contributed by atoms with Crippen molar-refractivity contribution in [3.8, 4) is 17.2 Å². The predicted octanol–water partition coefficient (Wildman–Crippen LogP) is 2.87. The van der Waals surface area contributed by atoms with Crippen LogP contribution in [0, 0.1) is 5.82 Å². The quantitative estimate of drug-likeness (QED) is 0.465. The summed E-state index contributed by atoms with van der Waals surface area (Å²) >= 11 is 0. The van der Waals surface area contributed by atoms with Crippen molar-refractivity contribution < 1.29 is 23.4 Å². The van der Waals surface area contributed by atoms with Gasteiger partial charge < -0.3 is 15.0 Å². The molecule has 5 nitrogen and oxygen atoms in total. The van der Waals surface area contributed by atoms with Gasteiger partial charge >= 0.3 is 6.21 Å². The number of carbonyl (C=O) groups excluding carboxylic acids is 1. The SMILES string of the molecule is [N-]=[N+]=CC(=O)COc1ccc(Oc2cccc(F)c2)cc1. The smallest absolute Gasteiger partial charge is 0.326 e. The summed E-state index contributed by atoms with van der Waals surface area (Å²) in [4.78, 5) is 13.7. The van der Waals surface area contributed by atoms with Crippen LogP contribution in [0.2, 0.25) is 0 Å². The van der Waals surface area contributed by atoms with Gasteiger partial charge in [0.1, 0.15) is 23.1 Å². The second kappa shape index (κ2) is 6.98. The molecule has 0 atom stereocenters. The number of hydrogen-bond acceptors (Lipinski definition) is 3. The average Bonchev–Trinajstić information content (AvgIpc) is 2.47. The van der Waals surface area contributed by atoms with Crippen LogP contribution in [0.25, 0.3) is 5.53 Å². The molecule has 2 rings (SSSR count). The number of ether oxygens (including phenoxy) is 2. The summed E-state index contributed by atoms with van der Waals surface area (Å²) in [6, 6.07) is 12.3. The molecule has 0 bridgehead atoms. The van der Waals surface area contributed by atoms with Crippen molar-refractivity contribution in [1.82, 2.24) is 0 Å². The molecule has 106 valence electrons. The number of halogens is 1. The second-order valence-corrected chi connectivity index (χ2v) is 4.03. The van der Waals surface area contributed by atoms with E-state index in [9.17, 15) is 9.18 Å². The number of ketones is 1. The Morgan fingerprint density at radius 2 is 1.86 bits per heavy atom. The summed E-state index contributed by atoms with van der Waals surface area (Å²) < 4.78 is 23.7. The molecule has 0 aliphatic rings. The monoisotopic (exact) mass is 286 g/mol. The predicted molar refractivity (Wildman–Crippen MR) is 73.1 cm³/mol. The third kappa shape index (κ3) is 4.56. The first-order valence-electron chi connectivity index (χ1n) is 6.04. The lowest BCUT2D eigenvalue weighted by molar-refractivity contribution is -0.117. The van der Waals surface area contributed by atoms with Gasteiger partial charge in [-0.2, -0.15) is 4.79 Å². The van der Waals surface area contributed by atoms with Crippen molar-refractivity contribution in [3.05, 3.63) is 59.9 Å². The number of nitrogens with zero attached hydrogens (tertiary/aromatic N) is 2. The van der Waals surface area contributed by atoms with E-state index in [1.807, 2.05) is 0 Å². The Morgan fingerprint density at radius 1 is 1.14 bits per heavy atom. The molecule has 0 aliphatic carbocycles. The number of carbonyl (C=O) groups is 1. The lowest BCUT2D eigenvalue weighted by Gasteiger charge is -2.07. The van der Waals surface area contributed by atoms with Gasteiger partial charge in [-0.15, -0.1) is 0 Å². The van der Waals surface area contributed by atoms with E-state index in [0.717, 1.165) is 6.21 Å². The first kappa shape index (κ1) is 14.4. The highest BCUT2D eigenvalue weighted by molar-refractivity contribution is 6.25. The topological polar surface area (TPSA) is 71.9 Å². The minimum atomic E-state index is -0.461. The minimum absolute atomic E-state index is 0.228. The molecule has 0 fully saturated rings. The summed E-state index contributed by atoms with van der Waals surface area (Å²) in [7, 11) is 0. The van der Waals surface area contributed by atoms with Gasteiger partial charge in [-0.25, -0.2) is 4.39 Å². The normalized spacial score (nSPS) is 9.57. The third-order valence-electron chi connectivity index (χ3n) is 2.44. The Balaban J connectivity index is 1.95. The van der Waals surface area contributed by atoms with Crippen LogP contribution < -0.4 is 9.47 Å². The Kier molecular flexibility index (Phi) is 4.79. The summed E-state index contributed by atoms with van der Waals surface area (Å²) in [5, 5.41) is 0. The summed E-state index contributed by atoms with van der Waals surface area (Å²) in [6.07, 6.45) is 0.765. The molecule has 2 aromatic rings. The van der Waals surface area contributed by atoms with Crippen molar-refractivity contribution >= 4 is 12.0 Å². The lowest BCUT2D eigenvalue weighted by atomic mass is 10.3. The van der Waals surface area contributed by atoms with Crippen molar-refractivity contribution in [2.75, 3.05) is 6.61 Å². The molecule has 0 radical (unpaired) electrons. The summed E-state index contributed by atoms with van der Waals surface area (Å²) in [5.41, 5.74) is 8.18. The van der Waals surface area contributed by atoms with Gasteiger partial charge in [-0.1, -0.05) is 6.07 Å². The van der Waals surface area contributed by atoms with E-state index in [1.54, 1.807) is 36.4 Å². The first-order valence-corrected chi connectivity index (χ1v) is 6.04. The Morgan fingerprint density at radius 3 is 2.52 bits per heavy atom. The van der Waals surface area contributed by atoms with Gasteiger partial charge in [0.15, 0.2) is 6.61 Å². The molecule has 2 aromatic carbocycles. The highest BCUT2D eigenvalue weighted by atomic mass is 19.1. The van der Waals surface area contributed by atoms with E-state index >= 15 is 0 Å². The molecule has 0 aromatic heterocycles. The molecule has 6 heteroatoms. The molecule has 0 saturated carbocycles. The molecular formula is C15H11FN2O3. The van der Waals surface area contributed by atoms with Crippen LogP contribution in [0.4, 0.5) is 4.39 Å². The van der Waals surface area contributed by atoms with E-state index in [0.29, 0.717) is 17.2 Å². The summed E-state index contributed by atoms with van der Waals surface area (Å²) in [6.45, 7) is -0.228. The molecule has 0 saturated heterocycles. The van der Waals surface area contributed by atoms with Crippen molar-refractivity contribution in [1.29, 1.82) is 0 Å². The van der Waals surface area contributed by atoms with Crippen LogP contribution in [0.3, 0.4) is 0 Å². The zero-order chi connectivity index (χ0) is 15.1. The van der Waals surface area contributed by atoms with Crippen molar-refractivity contribution in [2.45, 2.75) is 0 Å². The third-order valence-corrected chi connectivity index (χ3v) is 2.44. The van der Waals surface area contributed by atoms with Crippen molar-refractivity contribution in [2.24, 2.45) is 0 Å². The molecule has 21 heavy (non-hydrogen) atoms. The molecule has 0 heterocycles. The van der Waals surface area contributed by atoms with Crippen LogP contribution >= 0.6 is 0 Å². The molecule has 0 unspecified atom stereocenters. The van der Waals surface area contributed by atoms with Gasteiger partial charge in [0.05, 0.1) is 0 Å². The fraction of sp³-hybridized carbons (Fsp3) is 0.0667. The molecule has 0 aliphatic heterocycles. The van der Waals surface area contributed by atoms with Crippen LogP contribution in [-0.4, -0.2) is 23.4 Å². The molecule has 0 spiro atoms. The standard InChI is InChI=1S/C15H11FN2O3/c16-11-2-1-3-15(8-11)21-14-6-4-13(5-7-14)20-10-12(19)9-18-17/h1-9H,10H2. The number of Topliss-reactive ketones (excluding diaryl/α,β-unsaturated/α-hetero) is 1. The van der Waals surface area contributed by atoms with E-state index < -0.39 is 5.78 Å². The van der Waals surface area contributed by atoms with E-state index in [2.05, 4.69) is 4.79 Å². The maximum Gasteiger partial charge on any atom is 0.326 e. The fourth-order valence-corrected chi connectivity index (χ4v) is 1.53. The van der Waals surface area contributed by atoms with Crippen LogP contribution in [0.1, 0.15) is 0 Å². The maximum absolute atomic E-state index is 13.0. The average molecular weight is 286 g/mol. The zero-order valence-corrected chi connectivity index (χ0v) is 10.9. The first-order chi connectivity index (χ1) is 10.2. The van der Waals surface area contributed by atoms with Gasteiger partial charge in [0.25, 0.3) is 5.78 Å². The zero-order valence-electron chi connectivity index (χ0n) is 10.9. The Hall–Kier alpha value is -2.98. The minimum Gasteiger partial charge on any atom is -0.485 e. The van der Waals surface area contributed by atoms with Gasteiger partial charge in [0, 0.05) is 6.07 Å². The highest BCUT2D eigenvalue weighted by Crippen LogP contribution is 2.24. The largest absolute Gasteiger partial charge is 0.485 e. The van der Waals surface area contributed by atoms with Gasteiger partial charge in [-0.05, 0) is 36.4 Å². The maximum atomic E-state index is 13.0. The van der Waals surface area contributed by atoms with Crippen LogP contribution in [0.15, 0.2) is 48.5 Å². The lowest BCUT2D eigenvalue weighted by Crippen LogP contribution is -2.12. The Bertz CT molecular complexity index is 680. The van der Waals surface area contributed by atoms with Crippen molar-refractivity contribution in [3.63, 3.8) is 0 Å². The van der Waals surface area contributed by atoms with Gasteiger partial charge in [-0.3, -0.25) is 4.79 Å². The van der Waals surface area contributed by atoms with Crippen LogP contribution in [0.5, 0.6) is 17.2 Å². The second-order valence-electron chi connectivity index (χ2n) is 4.03. The van der Waals surface area contributed by atoms with Gasteiger partial charge in [0.2, 0.25) is 0 Å². The highest BCUT2D eigenvalue weighted by Gasteiger charge is 2.04. The number of benzene rings is 2. The van der Waals surface area contributed by atoms with Crippen LogP contribution in [-0.2, 0) is 4.79 Å². The Labute approximate surface area is 120 Å². The van der Waals surface area contributed by atoms with E-state index in [1.165, 1.54) is 12.1 Å². The molecule has 0 amide bonds. The number of hydrogen-bond donors (Lipinski definition) is 0.